The first-order valence-corrected chi connectivity index (χ1v) is 7.41. The van der Waals surface area contributed by atoms with Gasteiger partial charge in [-0.2, -0.15) is 0 Å². The Bertz CT molecular complexity index is 578. The third-order valence-corrected chi connectivity index (χ3v) is 3.90. The summed E-state index contributed by atoms with van der Waals surface area (Å²) < 4.78 is 0. The number of benzene rings is 1. The Morgan fingerprint density at radius 1 is 1.32 bits per heavy atom. The van der Waals surface area contributed by atoms with Gasteiger partial charge in [-0.15, -0.1) is 0 Å². The second-order valence-electron chi connectivity index (χ2n) is 5.98. The fraction of sp³-hybridized carbons (Fsp3) is 0.500. The Hall–Kier alpha value is -2.08. The average Bonchev–Trinajstić information content (AvgIpc) is 2.98. The molecular weight excluding hydrogens is 284 g/mol. The highest BCUT2D eigenvalue weighted by molar-refractivity contribution is 6.00. The molecule has 1 aliphatic rings. The van der Waals surface area contributed by atoms with Gasteiger partial charge >= 0.3 is 5.97 Å². The monoisotopic (exact) mass is 306 g/mol. The number of hydrogen-bond acceptors (Lipinski definition) is 4. The summed E-state index contributed by atoms with van der Waals surface area (Å²) in [6, 6.07) is 5.67. The maximum absolute atomic E-state index is 12.4. The van der Waals surface area contributed by atoms with E-state index in [0.717, 1.165) is 44.1 Å². The smallest absolute Gasteiger partial charge is 0.337 e. The van der Waals surface area contributed by atoms with Gasteiger partial charge in [-0.3, -0.25) is 4.79 Å². The lowest BCUT2D eigenvalue weighted by Gasteiger charge is -2.23. The molecule has 0 spiro atoms. The van der Waals surface area contributed by atoms with E-state index < -0.39 is 11.6 Å². The number of nitrogens with one attached hydrogen (secondary N) is 1. The molecule has 0 saturated carbocycles. The number of aliphatic carboxylic acids is 1. The number of carboxylic acids is 1. The van der Waals surface area contributed by atoms with Gasteiger partial charge in [0.05, 0.1) is 12.1 Å². The highest BCUT2D eigenvalue weighted by Gasteiger charge is 2.31. The minimum absolute atomic E-state index is 0.339. The first-order valence-electron chi connectivity index (χ1n) is 7.41. The summed E-state index contributed by atoms with van der Waals surface area (Å²) in [6.07, 6.45) is 2.20. The van der Waals surface area contributed by atoms with E-state index in [1.54, 1.807) is 6.07 Å². The average molecular weight is 306 g/mol. The first kappa shape index (κ1) is 16.3. The molecule has 1 aromatic carbocycles. The lowest BCUT2D eigenvalue weighted by atomic mass is 10.1. The molecule has 22 heavy (non-hydrogen) atoms. The lowest BCUT2D eigenvalue weighted by Crippen LogP contribution is -2.46. The fourth-order valence-electron chi connectivity index (χ4n) is 2.49. The van der Waals surface area contributed by atoms with Gasteiger partial charge in [0.2, 0.25) is 0 Å². The van der Waals surface area contributed by atoms with Crippen LogP contribution in [-0.4, -0.2) is 47.3 Å². The molecule has 0 aliphatic carbocycles. The number of rotatable bonds is 5. The molecule has 1 heterocycles. The van der Waals surface area contributed by atoms with Gasteiger partial charge < -0.3 is 20.4 Å². The van der Waals surface area contributed by atoms with Crippen LogP contribution in [0.15, 0.2) is 18.2 Å². The van der Waals surface area contributed by atoms with E-state index in [4.69, 9.17) is 5.11 Å². The number of amides is 1. The molecule has 6 heteroatoms. The Morgan fingerprint density at radius 3 is 2.55 bits per heavy atom. The van der Waals surface area contributed by atoms with Crippen molar-refractivity contribution in [1.29, 1.82) is 0 Å². The second-order valence-corrected chi connectivity index (χ2v) is 5.98. The van der Waals surface area contributed by atoms with E-state index >= 15 is 0 Å². The molecule has 1 unspecified atom stereocenters. The topological polar surface area (TPSA) is 89.9 Å². The minimum atomic E-state index is -1.98. The van der Waals surface area contributed by atoms with Crippen LogP contribution in [0.5, 0.6) is 0 Å². The molecule has 0 bridgehead atoms. The van der Waals surface area contributed by atoms with Gasteiger partial charge in [0.15, 0.2) is 5.60 Å². The lowest BCUT2D eigenvalue weighted by molar-refractivity contribution is -0.155. The summed E-state index contributed by atoms with van der Waals surface area (Å²) in [5.41, 5.74) is 0.351. The molecule has 0 radical (unpaired) electrons. The molecule has 1 aliphatic heterocycles. The van der Waals surface area contributed by atoms with Crippen molar-refractivity contribution < 1.29 is 19.8 Å². The maximum atomic E-state index is 12.4. The molecule has 0 aromatic heterocycles. The van der Waals surface area contributed by atoms with Crippen molar-refractivity contribution in [3.63, 3.8) is 0 Å². The van der Waals surface area contributed by atoms with Gasteiger partial charge in [0.1, 0.15) is 0 Å². The van der Waals surface area contributed by atoms with Crippen LogP contribution in [0.1, 0.15) is 35.7 Å². The van der Waals surface area contributed by atoms with Crippen LogP contribution in [0.2, 0.25) is 0 Å². The molecule has 120 valence electrons. The fourth-order valence-corrected chi connectivity index (χ4v) is 2.49. The number of aliphatic hydroxyl groups is 1. The zero-order chi connectivity index (χ0) is 16.3. The van der Waals surface area contributed by atoms with Crippen molar-refractivity contribution in [3.8, 4) is 0 Å². The summed E-state index contributed by atoms with van der Waals surface area (Å²) in [6.45, 7) is 4.55. The molecule has 3 N–H and O–H groups in total. The van der Waals surface area contributed by atoms with Crippen molar-refractivity contribution in [2.24, 2.45) is 0 Å². The predicted octanol–water partition coefficient (Wildman–Crippen LogP) is 1.16. The van der Waals surface area contributed by atoms with Gasteiger partial charge in [-0.25, -0.2) is 4.79 Å². The summed E-state index contributed by atoms with van der Waals surface area (Å²) in [5.74, 6) is -1.73. The number of hydrogen-bond donors (Lipinski definition) is 3. The van der Waals surface area contributed by atoms with E-state index in [1.807, 2.05) is 19.1 Å². The van der Waals surface area contributed by atoms with Gasteiger partial charge in [0, 0.05) is 18.8 Å². The van der Waals surface area contributed by atoms with E-state index in [-0.39, 0.29) is 12.5 Å². The Kier molecular flexibility index (Phi) is 4.71. The van der Waals surface area contributed by atoms with Crippen molar-refractivity contribution in [2.75, 3.05) is 24.5 Å². The summed E-state index contributed by atoms with van der Waals surface area (Å²) in [4.78, 5) is 25.4. The largest absolute Gasteiger partial charge is 0.479 e. The zero-order valence-electron chi connectivity index (χ0n) is 12.9. The Morgan fingerprint density at radius 2 is 1.95 bits per heavy atom. The van der Waals surface area contributed by atoms with Crippen molar-refractivity contribution in [3.05, 3.63) is 29.3 Å². The van der Waals surface area contributed by atoms with Gasteiger partial charge in [-0.05, 0) is 38.8 Å². The molecule has 1 atom stereocenters. The molecule has 2 rings (SSSR count). The number of aryl methyl sites for hydroxylation is 1. The van der Waals surface area contributed by atoms with Crippen LogP contribution in [0.4, 0.5) is 5.69 Å². The SMILES string of the molecule is Cc1ccc(N2CCCC2)c(C(=O)NCC(C)(O)C(=O)O)c1. The number of anilines is 1. The first-order chi connectivity index (χ1) is 10.3. The van der Waals surface area contributed by atoms with E-state index in [2.05, 4.69) is 10.2 Å². The Balaban J connectivity index is 2.18. The molecule has 6 nitrogen and oxygen atoms in total. The third-order valence-electron chi connectivity index (χ3n) is 3.90. The highest BCUT2D eigenvalue weighted by atomic mass is 16.4. The van der Waals surface area contributed by atoms with Crippen molar-refractivity contribution >= 4 is 17.6 Å². The van der Waals surface area contributed by atoms with Crippen LogP contribution >= 0.6 is 0 Å². The molecule has 1 aromatic rings. The quantitative estimate of drug-likeness (QED) is 0.759. The summed E-state index contributed by atoms with van der Waals surface area (Å²) in [7, 11) is 0. The molecule has 1 fully saturated rings. The van der Waals surface area contributed by atoms with E-state index in [1.165, 1.54) is 0 Å². The van der Waals surface area contributed by atoms with E-state index in [9.17, 15) is 14.7 Å². The van der Waals surface area contributed by atoms with E-state index in [0.29, 0.717) is 5.56 Å². The molecule has 1 amide bonds. The van der Waals surface area contributed by atoms with Crippen LogP contribution in [0.3, 0.4) is 0 Å². The Labute approximate surface area is 129 Å². The summed E-state index contributed by atoms with van der Waals surface area (Å²) in [5, 5.41) is 21.1. The second kappa shape index (κ2) is 6.36. The van der Waals surface area contributed by atoms with Crippen LogP contribution in [-0.2, 0) is 4.79 Å². The number of carbonyl (C=O) groups is 2. The predicted molar refractivity (Wildman–Crippen MR) is 83.2 cm³/mol. The zero-order valence-corrected chi connectivity index (χ0v) is 12.9. The normalized spacial score (nSPS) is 17.1. The maximum Gasteiger partial charge on any atom is 0.337 e. The molecular formula is C16H22N2O4. The van der Waals surface area contributed by atoms with Gasteiger partial charge in [0.25, 0.3) is 5.91 Å². The van der Waals surface area contributed by atoms with Crippen molar-refractivity contribution in [2.45, 2.75) is 32.3 Å². The standard InChI is InChI=1S/C16H22N2O4/c1-11-5-6-13(18-7-3-4-8-18)12(9-11)14(19)17-10-16(2,22)15(20)21/h5-6,9,22H,3-4,7-8,10H2,1-2H3,(H,17,19)(H,20,21). The van der Waals surface area contributed by atoms with Crippen LogP contribution in [0.25, 0.3) is 0 Å². The highest BCUT2D eigenvalue weighted by Crippen LogP contribution is 2.25. The number of carboxylic acid groups (broad SMARTS) is 1. The number of carbonyl (C=O) groups excluding carboxylic acids is 1. The van der Waals surface area contributed by atoms with Crippen molar-refractivity contribution in [1.82, 2.24) is 5.32 Å². The minimum Gasteiger partial charge on any atom is -0.479 e. The third kappa shape index (κ3) is 3.57. The molecule has 1 saturated heterocycles. The summed E-state index contributed by atoms with van der Waals surface area (Å²) >= 11 is 0. The van der Waals surface area contributed by atoms with Crippen LogP contribution in [0, 0.1) is 6.92 Å². The van der Waals surface area contributed by atoms with Crippen LogP contribution < -0.4 is 10.2 Å². The number of nitrogens with zero attached hydrogens (tertiary/aromatic N) is 1. The van der Waals surface area contributed by atoms with Gasteiger partial charge in [-0.1, -0.05) is 11.6 Å².